The number of para-hydroxylation sites is 1. The number of thiazole rings is 1. The van der Waals surface area contributed by atoms with Crippen molar-refractivity contribution in [3.05, 3.63) is 77.6 Å². The van der Waals surface area contributed by atoms with Crippen molar-refractivity contribution in [2.45, 2.75) is 13.0 Å². The van der Waals surface area contributed by atoms with Crippen LogP contribution >= 0.6 is 11.3 Å². The van der Waals surface area contributed by atoms with Crippen molar-refractivity contribution >= 4 is 27.5 Å². The summed E-state index contributed by atoms with van der Waals surface area (Å²) in [6.07, 6.45) is 4.43. The fourth-order valence-corrected chi connectivity index (χ4v) is 3.75. The molecular weight excluding hydrogens is 372 g/mol. The second-order valence-electron chi connectivity index (χ2n) is 6.29. The van der Waals surface area contributed by atoms with Crippen LogP contribution in [0.4, 0.5) is 0 Å². The summed E-state index contributed by atoms with van der Waals surface area (Å²) in [5, 5.41) is 7.97. The molecule has 2 aromatic heterocycles. The number of aromatic nitrogens is 3. The zero-order valence-corrected chi connectivity index (χ0v) is 16.1. The van der Waals surface area contributed by atoms with E-state index in [0.717, 1.165) is 32.9 Å². The van der Waals surface area contributed by atoms with Gasteiger partial charge in [0, 0.05) is 18.9 Å². The smallest absolute Gasteiger partial charge is 0.246 e. The first-order valence-corrected chi connectivity index (χ1v) is 9.87. The fourth-order valence-electron chi connectivity index (χ4n) is 2.85. The molecule has 142 valence electrons. The first kappa shape index (κ1) is 18.3. The third-order valence-corrected chi connectivity index (χ3v) is 5.25. The summed E-state index contributed by atoms with van der Waals surface area (Å²) in [5.41, 5.74) is 3.14. The molecule has 1 amide bonds. The topological polar surface area (TPSA) is 69.0 Å². The normalized spacial score (nSPS) is 11.0. The van der Waals surface area contributed by atoms with Gasteiger partial charge in [-0.15, -0.1) is 11.3 Å². The van der Waals surface area contributed by atoms with E-state index in [2.05, 4.69) is 15.4 Å². The maximum Gasteiger partial charge on any atom is 0.246 e. The van der Waals surface area contributed by atoms with Gasteiger partial charge < -0.3 is 10.1 Å². The molecule has 4 aromatic rings. The second-order valence-corrected chi connectivity index (χ2v) is 7.40. The summed E-state index contributed by atoms with van der Waals surface area (Å²) in [4.78, 5) is 16.4. The summed E-state index contributed by atoms with van der Waals surface area (Å²) in [5.74, 6) is -0.116. The van der Waals surface area contributed by atoms with Crippen LogP contribution in [0.1, 0.15) is 10.6 Å². The van der Waals surface area contributed by atoms with Gasteiger partial charge in [0.1, 0.15) is 11.6 Å². The van der Waals surface area contributed by atoms with E-state index >= 15 is 0 Å². The molecule has 0 fully saturated rings. The number of ether oxygens (including phenoxy) is 1. The molecule has 6 nitrogen and oxygen atoms in total. The van der Waals surface area contributed by atoms with Crippen molar-refractivity contribution in [1.29, 1.82) is 0 Å². The number of nitrogens with zero attached hydrogens (tertiary/aromatic N) is 3. The highest BCUT2D eigenvalue weighted by Gasteiger charge is 2.06. The molecule has 0 radical (unpaired) electrons. The Labute approximate surface area is 166 Å². The molecule has 0 spiro atoms. The number of hydrogen-bond acceptors (Lipinski definition) is 5. The number of fused-ring (bicyclic) bond motifs is 1. The zero-order chi connectivity index (χ0) is 19.2. The highest BCUT2D eigenvalue weighted by Crippen LogP contribution is 2.21. The number of carbonyl (C=O) groups excluding carboxylic acids is 1. The van der Waals surface area contributed by atoms with Crippen LogP contribution in [0.3, 0.4) is 0 Å². The fraction of sp³-hybridized carbons (Fsp3) is 0.190. The Morgan fingerprint density at radius 3 is 2.75 bits per heavy atom. The summed E-state index contributed by atoms with van der Waals surface area (Å²) < 4.78 is 8.44. The van der Waals surface area contributed by atoms with Crippen LogP contribution in [0.25, 0.3) is 15.9 Å². The van der Waals surface area contributed by atoms with E-state index in [-0.39, 0.29) is 12.5 Å². The van der Waals surface area contributed by atoms with E-state index in [4.69, 9.17) is 4.74 Å². The summed E-state index contributed by atoms with van der Waals surface area (Å²) >= 11 is 1.59. The van der Waals surface area contributed by atoms with E-state index in [1.54, 1.807) is 17.5 Å². The lowest BCUT2D eigenvalue weighted by molar-refractivity contribution is -0.126. The summed E-state index contributed by atoms with van der Waals surface area (Å²) in [6.45, 7) is 0.959. The highest BCUT2D eigenvalue weighted by molar-refractivity contribution is 7.18. The van der Waals surface area contributed by atoms with Crippen molar-refractivity contribution in [3.63, 3.8) is 0 Å². The predicted octanol–water partition coefficient (Wildman–Crippen LogP) is 3.36. The lowest BCUT2D eigenvalue weighted by atomic mass is 10.1. The molecular formula is C21H20N4O2S. The Hall–Kier alpha value is -3.03. The zero-order valence-electron chi connectivity index (χ0n) is 15.2. The third kappa shape index (κ3) is 4.62. The van der Waals surface area contributed by atoms with Crippen LogP contribution in [0.15, 0.2) is 67.0 Å². The maximum absolute atomic E-state index is 11.9. The largest absolute Gasteiger partial charge is 0.364 e. The van der Waals surface area contributed by atoms with E-state index in [0.29, 0.717) is 13.2 Å². The maximum atomic E-state index is 11.9. The monoisotopic (exact) mass is 392 g/mol. The molecule has 0 saturated heterocycles. The van der Waals surface area contributed by atoms with Crippen molar-refractivity contribution < 1.29 is 9.53 Å². The molecule has 2 heterocycles. The Morgan fingerprint density at radius 2 is 1.96 bits per heavy atom. The molecule has 7 heteroatoms. The number of rotatable bonds is 8. The van der Waals surface area contributed by atoms with Crippen LogP contribution in [0, 0.1) is 0 Å². The van der Waals surface area contributed by atoms with E-state index in [1.165, 1.54) is 0 Å². The van der Waals surface area contributed by atoms with Gasteiger partial charge in [-0.25, -0.2) is 9.67 Å². The Kier molecular flexibility index (Phi) is 5.75. The van der Waals surface area contributed by atoms with Gasteiger partial charge in [0.15, 0.2) is 0 Å². The highest BCUT2D eigenvalue weighted by atomic mass is 32.1. The average Bonchev–Trinajstić information content (AvgIpc) is 3.38. The van der Waals surface area contributed by atoms with Crippen LogP contribution in [0.5, 0.6) is 0 Å². The number of carbonyl (C=O) groups is 1. The number of nitrogens with one attached hydrogen (secondary N) is 1. The quantitative estimate of drug-likeness (QED) is 0.499. The Morgan fingerprint density at radius 1 is 1.11 bits per heavy atom. The van der Waals surface area contributed by atoms with E-state index in [9.17, 15) is 4.79 Å². The van der Waals surface area contributed by atoms with Gasteiger partial charge in [0.25, 0.3) is 0 Å². The lowest BCUT2D eigenvalue weighted by Crippen LogP contribution is -2.29. The molecule has 0 bridgehead atoms. The van der Waals surface area contributed by atoms with Gasteiger partial charge in [0.05, 0.1) is 22.5 Å². The second kappa shape index (κ2) is 8.77. The Balaban J connectivity index is 1.17. The number of amides is 1. The van der Waals surface area contributed by atoms with Gasteiger partial charge in [-0.3, -0.25) is 4.79 Å². The van der Waals surface area contributed by atoms with Crippen LogP contribution in [0.2, 0.25) is 0 Å². The molecule has 0 aliphatic rings. The molecule has 2 aromatic carbocycles. The minimum atomic E-state index is -0.116. The van der Waals surface area contributed by atoms with E-state index < -0.39 is 0 Å². The van der Waals surface area contributed by atoms with Gasteiger partial charge in [-0.2, -0.15) is 5.10 Å². The summed E-state index contributed by atoms with van der Waals surface area (Å²) in [7, 11) is 0. The molecule has 28 heavy (non-hydrogen) atoms. The van der Waals surface area contributed by atoms with Crippen molar-refractivity contribution in [2.75, 3.05) is 13.2 Å². The molecule has 0 atom stereocenters. The number of benzene rings is 2. The van der Waals surface area contributed by atoms with E-state index in [1.807, 2.05) is 65.5 Å². The van der Waals surface area contributed by atoms with Crippen molar-refractivity contribution in [2.24, 2.45) is 0 Å². The van der Waals surface area contributed by atoms with Gasteiger partial charge in [-0.1, -0.05) is 24.3 Å². The average molecular weight is 392 g/mol. The number of hydrogen-bond donors (Lipinski definition) is 1. The SMILES string of the molecule is O=C(COCc1nc2ccccc2s1)NCCc1ccc(-n2cccn2)cc1. The van der Waals surface area contributed by atoms with Crippen LogP contribution < -0.4 is 5.32 Å². The Bertz CT molecular complexity index is 1010. The van der Waals surface area contributed by atoms with Crippen molar-refractivity contribution in [1.82, 2.24) is 20.1 Å². The molecule has 0 unspecified atom stereocenters. The van der Waals surface area contributed by atoms with Gasteiger partial charge in [0.2, 0.25) is 5.91 Å². The first-order chi connectivity index (χ1) is 13.8. The molecule has 4 rings (SSSR count). The van der Waals surface area contributed by atoms with Crippen molar-refractivity contribution in [3.8, 4) is 5.69 Å². The lowest BCUT2D eigenvalue weighted by Gasteiger charge is -2.07. The minimum absolute atomic E-state index is 0.0359. The first-order valence-electron chi connectivity index (χ1n) is 9.06. The molecule has 0 aliphatic heterocycles. The predicted molar refractivity (Wildman–Crippen MR) is 110 cm³/mol. The van der Waals surface area contributed by atoms with Gasteiger partial charge >= 0.3 is 0 Å². The van der Waals surface area contributed by atoms with Gasteiger partial charge in [-0.05, 0) is 42.3 Å². The molecule has 1 N–H and O–H groups in total. The van der Waals surface area contributed by atoms with Crippen LogP contribution in [-0.4, -0.2) is 33.8 Å². The minimum Gasteiger partial charge on any atom is -0.364 e. The van der Waals surface area contributed by atoms with Crippen LogP contribution in [-0.2, 0) is 22.6 Å². The third-order valence-electron chi connectivity index (χ3n) is 4.24. The standard InChI is InChI=1S/C21H20N4O2S/c26-20(14-27-15-21-24-18-4-1-2-5-19(18)28-21)22-12-10-16-6-8-17(9-7-16)25-13-3-11-23-25/h1-9,11,13H,10,12,14-15H2,(H,22,26). The summed E-state index contributed by atoms with van der Waals surface area (Å²) in [6, 6.07) is 18.0. The molecule has 0 aliphatic carbocycles. The molecule has 0 saturated carbocycles.